The summed E-state index contributed by atoms with van der Waals surface area (Å²) in [5.74, 6) is 0.762. The van der Waals surface area contributed by atoms with E-state index in [1.165, 1.54) is 7.11 Å². The lowest BCUT2D eigenvalue weighted by atomic mass is 10.1. The third-order valence-electron chi connectivity index (χ3n) is 6.17. The zero-order valence-electron chi connectivity index (χ0n) is 21.5. The number of amides is 2. The third kappa shape index (κ3) is 7.20. The highest BCUT2D eigenvalue weighted by molar-refractivity contribution is 9.10. The van der Waals surface area contributed by atoms with Crippen molar-refractivity contribution in [2.75, 3.05) is 50.1 Å². The van der Waals surface area contributed by atoms with Crippen molar-refractivity contribution in [3.8, 4) is 11.5 Å². The molecule has 204 valence electrons. The summed E-state index contributed by atoms with van der Waals surface area (Å²) < 4.78 is 11.5. The molecule has 0 bridgehead atoms. The van der Waals surface area contributed by atoms with Gasteiger partial charge in [0.1, 0.15) is 11.5 Å². The molecule has 0 saturated carbocycles. The van der Waals surface area contributed by atoms with E-state index < -0.39 is 0 Å². The average molecular weight is 632 g/mol. The maximum Gasteiger partial charge on any atom is 0.257 e. The van der Waals surface area contributed by atoms with Crippen molar-refractivity contribution >= 4 is 68.1 Å². The second kappa shape index (κ2) is 13.1. The molecule has 1 aliphatic heterocycles. The van der Waals surface area contributed by atoms with Crippen molar-refractivity contribution in [3.63, 3.8) is 0 Å². The van der Waals surface area contributed by atoms with Crippen LogP contribution in [0.25, 0.3) is 0 Å². The molecule has 3 aromatic carbocycles. The highest BCUT2D eigenvalue weighted by Gasteiger charge is 2.25. The van der Waals surface area contributed by atoms with E-state index >= 15 is 0 Å². The normalized spacial score (nSPS) is 13.0. The molecule has 0 unspecified atom stereocenters. The minimum absolute atomic E-state index is 0.0956. The Morgan fingerprint density at radius 1 is 1.00 bits per heavy atom. The first-order valence-electron chi connectivity index (χ1n) is 12.3. The molecule has 0 aliphatic carbocycles. The Balaban J connectivity index is 1.29. The van der Waals surface area contributed by atoms with Crippen LogP contribution in [0.3, 0.4) is 0 Å². The lowest BCUT2D eigenvalue weighted by Crippen LogP contribution is -2.48. The number of methoxy groups -OCH3 is 1. The Kier molecular flexibility index (Phi) is 9.66. The molecule has 1 aliphatic rings. The van der Waals surface area contributed by atoms with E-state index in [2.05, 4.69) is 31.5 Å². The van der Waals surface area contributed by atoms with Crippen LogP contribution < -0.4 is 25.0 Å². The van der Waals surface area contributed by atoms with Crippen molar-refractivity contribution in [1.82, 2.24) is 10.2 Å². The van der Waals surface area contributed by atoms with Gasteiger partial charge in [0.15, 0.2) is 5.11 Å². The smallest absolute Gasteiger partial charge is 0.257 e. The molecule has 8 nitrogen and oxygen atoms in total. The van der Waals surface area contributed by atoms with Crippen LogP contribution in [0.4, 0.5) is 11.4 Å². The SMILES string of the molecule is CCOc1ccc(C(=O)NC(=S)Nc2ccc(N3CCN(C(=O)c4cc(Cl)ccc4OC)CC3)cc2)cc1Br. The number of nitrogens with zero attached hydrogens (tertiary/aromatic N) is 2. The molecule has 3 aromatic rings. The number of halogens is 2. The average Bonchev–Trinajstić information content (AvgIpc) is 2.94. The predicted molar refractivity (Wildman–Crippen MR) is 162 cm³/mol. The monoisotopic (exact) mass is 630 g/mol. The van der Waals surface area contributed by atoms with Gasteiger partial charge in [0.2, 0.25) is 0 Å². The predicted octanol–water partition coefficient (Wildman–Crippen LogP) is 5.60. The van der Waals surface area contributed by atoms with E-state index in [0.717, 1.165) is 11.4 Å². The lowest BCUT2D eigenvalue weighted by molar-refractivity contribution is 0.0743. The molecule has 1 heterocycles. The Bertz CT molecular complexity index is 1360. The first kappa shape index (κ1) is 28.7. The molecule has 0 atom stereocenters. The second-order valence-corrected chi connectivity index (χ2v) is 10.4. The topological polar surface area (TPSA) is 83.1 Å². The van der Waals surface area contributed by atoms with E-state index in [9.17, 15) is 9.59 Å². The van der Waals surface area contributed by atoms with E-state index in [0.29, 0.717) is 64.9 Å². The zero-order valence-corrected chi connectivity index (χ0v) is 24.7. The van der Waals surface area contributed by atoms with E-state index in [4.69, 9.17) is 33.3 Å². The second-order valence-electron chi connectivity index (χ2n) is 8.66. The maximum absolute atomic E-state index is 13.1. The van der Waals surface area contributed by atoms with Crippen molar-refractivity contribution in [2.45, 2.75) is 6.92 Å². The van der Waals surface area contributed by atoms with Gasteiger partial charge in [-0.1, -0.05) is 11.6 Å². The molecule has 2 N–H and O–H groups in total. The summed E-state index contributed by atoms with van der Waals surface area (Å²) in [5, 5.41) is 6.43. The fraction of sp³-hybridized carbons (Fsp3) is 0.250. The van der Waals surface area contributed by atoms with Crippen molar-refractivity contribution in [2.24, 2.45) is 0 Å². The minimum Gasteiger partial charge on any atom is -0.496 e. The van der Waals surface area contributed by atoms with E-state index in [-0.39, 0.29) is 16.9 Å². The highest BCUT2D eigenvalue weighted by Crippen LogP contribution is 2.27. The summed E-state index contributed by atoms with van der Waals surface area (Å²) >= 11 is 14.9. The number of rotatable bonds is 7. The quantitative estimate of drug-likeness (QED) is 0.329. The van der Waals surface area contributed by atoms with Crippen LogP contribution >= 0.6 is 39.7 Å². The Morgan fingerprint density at radius 2 is 1.69 bits per heavy atom. The summed E-state index contributed by atoms with van der Waals surface area (Å²) in [6.45, 7) is 4.96. The van der Waals surface area contributed by atoms with Gasteiger partial charge < -0.3 is 24.6 Å². The van der Waals surface area contributed by atoms with Gasteiger partial charge in [-0.2, -0.15) is 0 Å². The van der Waals surface area contributed by atoms with Gasteiger partial charge in [-0.25, -0.2) is 0 Å². The fourth-order valence-electron chi connectivity index (χ4n) is 4.19. The first-order valence-corrected chi connectivity index (χ1v) is 13.9. The first-order chi connectivity index (χ1) is 18.8. The van der Waals surface area contributed by atoms with Gasteiger partial charge in [-0.05, 0) is 95.7 Å². The number of nitrogens with one attached hydrogen (secondary N) is 2. The number of carbonyl (C=O) groups excluding carboxylic acids is 2. The number of piperazine rings is 1. The fourth-order valence-corrected chi connectivity index (χ4v) is 5.07. The number of thiocarbonyl (C=S) groups is 1. The molecule has 0 radical (unpaired) electrons. The Morgan fingerprint density at radius 3 is 2.33 bits per heavy atom. The van der Waals surface area contributed by atoms with Gasteiger partial charge in [0.25, 0.3) is 11.8 Å². The van der Waals surface area contributed by atoms with E-state index in [1.54, 1.807) is 36.4 Å². The van der Waals surface area contributed by atoms with Gasteiger partial charge in [0, 0.05) is 48.1 Å². The lowest BCUT2D eigenvalue weighted by Gasteiger charge is -2.36. The molecular weight excluding hydrogens is 604 g/mol. The van der Waals surface area contributed by atoms with Crippen LogP contribution in [0.15, 0.2) is 65.1 Å². The number of ether oxygens (including phenoxy) is 2. The molecule has 1 fully saturated rings. The summed E-state index contributed by atoms with van der Waals surface area (Å²) in [6.07, 6.45) is 0. The molecule has 0 aromatic heterocycles. The molecule has 11 heteroatoms. The number of hydrogen-bond acceptors (Lipinski definition) is 6. The molecule has 39 heavy (non-hydrogen) atoms. The Labute approximate surface area is 246 Å². The summed E-state index contributed by atoms with van der Waals surface area (Å²) in [5.41, 5.74) is 2.70. The maximum atomic E-state index is 13.1. The van der Waals surface area contributed by atoms with Crippen LogP contribution in [-0.2, 0) is 0 Å². The molecule has 2 amide bonds. The van der Waals surface area contributed by atoms with Crippen LogP contribution in [0.1, 0.15) is 27.6 Å². The van der Waals surface area contributed by atoms with Gasteiger partial charge in [0.05, 0.1) is 23.8 Å². The van der Waals surface area contributed by atoms with E-state index in [1.807, 2.05) is 36.1 Å². The Hall–Kier alpha value is -3.34. The molecule has 0 spiro atoms. The summed E-state index contributed by atoms with van der Waals surface area (Å²) in [7, 11) is 1.54. The van der Waals surface area contributed by atoms with Crippen molar-refractivity contribution in [3.05, 3.63) is 81.3 Å². The number of anilines is 2. The van der Waals surface area contributed by atoms with Crippen LogP contribution in [-0.4, -0.2) is 61.7 Å². The number of benzene rings is 3. The molecule has 1 saturated heterocycles. The van der Waals surface area contributed by atoms with Gasteiger partial charge >= 0.3 is 0 Å². The van der Waals surface area contributed by atoms with Crippen LogP contribution in [0.2, 0.25) is 5.02 Å². The standard InChI is InChI=1S/C28H28BrClN4O4S/c1-3-38-25-10-4-18(16-23(25)29)26(35)32-28(39)31-20-6-8-21(9-7-20)33-12-14-34(15-13-33)27(36)22-17-19(30)5-11-24(22)37-2/h4-11,16-17H,3,12-15H2,1-2H3,(H2,31,32,35,39). The van der Waals surface area contributed by atoms with Gasteiger partial charge in [-0.3, -0.25) is 14.9 Å². The third-order valence-corrected chi connectivity index (χ3v) is 7.23. The summed E-state index contributed by atoms with van der Waals surface area (Å²) in [6, 6.07) is 17.9. The van der Waals surface area contributed by atoms with Crippen molar-refractivity contribution < 1.29 is 19.1 Å². The highest BCUT2D eigenvalue weighted by atomic mass is 79.9. The summed E-state index contributed by atoms with van der Waals surface area (Å²) in [4.78, 5) is 29.7. The minimum atomic E-state index is -0.323. The van der Waals surface area contributed by atoms with Crippen molar-refractivity contribution in [1.29, 1.82) is 0 Å². The number of hydrogen-bond donors (Lipinski definition) is 2. The number of carbonyl (C=O) groups is 2. The zero-order chi connectivity index (χ0) is 27.9. The van der Waals surface area contributed by atoms with Crippen LogP contribution in [0.5, 0.6) is 11.5 Å². The molecular formula is C28H28BrClN4O4S. The van der Waals surface area contributed by atoms with Crippen LogP contribution in [0, 0.1) is 0 Å². The largest absolute Gasteiger partial charge is 0.496 e. The van der Waals surface area contributed by atoms with Gasteiger partial charge in [-0.15, -0.1) is 0 Å². The molecule has 4 rings (SSSR count).